The lowest BCUT2D eigenvalue weighted by Crippen LogP contribution is -2.13. The molecule has 3 rings (SSSR count). The summed E-state index contributed by atoms with van der Waals surface area (Å²) in [5.74, 6) is 0. The number of halogens is 1. The van der Waals surface area contributed by atoms with Crippen LogP contribution in [0.2, 0.25) is 5.22 Å². The fourth-order valence-electron chi connectivity index (χ4n) is 2.36. The minimum atomic E-state index is 0.475. The number of aryl methyl sites for hydroxylation is 1. The predicted molar refractivity (Wildman–Crippen MR) is 82.9 cm³/mol. The minimum Gasteiger partial charge on any atom is -0.444 e. The molecule has 1 N–H and O–H groups in total. The Bertz CT molecular complexity index is 733. The van der Waals surface area contributed by atoms with E-state index in [1.807, 2.05) is 24.3 Å². The molecule has 0 spiro atoms. The van der Waals surface area contributed by atoms with Crippen molar-refractivity contribution in [2.45, 2.75) is 20.0 Å². The lowest BCUT2D eigenvalue weighted by Gasteiger charge is -2.07. The molecule has 0 atom stereocenters. The van der Waals surface area contributed by atoms with E-state index in [1.165, 1.54) is 11.1 Å². The average molecular weight is 286 g/mol. The summed E-state index contributed by atoms with van der Waals surface area (Å²) >= 11 is 6.17. The van der Waals surface area contributed by atoms with Gasteiger partial charge in [0.15, 0.2) is 5.22 Å². The maximum absolute atomic E-state index is 6.17. The van der Waals surface area contributed by atoms with Crippen LogP contribution in [-0.4, -0.2) is 0 Å². The molecule has 1 heterocycles. The first kappa shape index (κ1) is 13.2. The molecule has 3 aromatic rings. The molecule has 0 bridgehead atoms. The smallest absolute Gasteiger partial charge is 0.199 e. The molecule has 102 valence electrons. The zero-order valence-electron chi connectivity index (χ0n) is 11.3. The number of para-hydroxylation sites is 1. The highest BCUT2D eigenvalue weighted by atomic mass is 35.5. The molecule has 20 heavy (non-hydrogen) atoms. The summed E-state index contributed by atoms with van der Waals surface area (Å²) < 4.78 is 5.55. The van der Waals surface area contributed by atoms with Gasteiger partial charge in [0.05, 0.1) is 0 Å². The van der Waals surface area contributed by atoms with Crippen LogP contribution < -0.4 is 5.32 Å². The molecule has 0 aliphatic carbocycles. The van der Waals surface area contributed by atoms with Crippen molar-refractivity contribution < 1.29 is 4.42 Å². The first-order valence-corrected chi connectivity index (χ1v) is 7.04. The standard InChI is InChI=1S/C17H16ClNO/c1-12-6-2-3-7-13(12)10-19-11-15-14-8-4-5-9-16(14)20-17(15)18/h2-9,19H,10-11H2,1H3. The van der Waals surface area contributed by atoms with Crippen molar-refractivity contribution in [1.29, 1.82) is 0 Å². The van der Waals surface area contributed by atoms with E-state index < -0.39 is 0 Å². The van der Waals surface area contributed by atoms with Crippen molar-refractivity contribution in [2.75, 3.05) is 0 Å². The summed E-state index contributed by atoms with van der Waals surface area (Å²) in [7, 11) is 0. The van der Waals surface area contributed by atoms with E-state index >= 15 is 0 Å². The monoisotopic (exact) mass is 285 g/mol. The molecule has 0 fully saturated rings. The van der Waals surface area contributed by atoms with E-state index in [0.29, 0.717) is 11.8 Å². The number of hydrogen-bond donors (Lipinski definition) is 1. The Labute approximate surface area is 123 Å². The lowest BCUT2D eigenvalue weighted by atomic mass is 10.1. The maximum Gasteiger partial charge on any atom is 0.199 e. The van der Waals surface area contributed by atoms with Crippen molar-refractivity contribution >= 4 is 22.6 Å². The third-order valence-electron chi connectivity index (χ3n) is 3.53. The van der Waals surface area contributed by atoms with Crippen LogP contribution in [0.3, 0.4) is 0 Å². The van der Waals surface area contributed by atoms with Crippen LogP contribution in [0, 0.1) is 6.92 Å². The summed E-state index contributed by atoms with van der Waals surface area (Å²) in [5.41, 5.74) is 4.46. The molecule has 0 aliphatic rings. The fourth-order valence-corrected chi connectivity index (χ4v) is 2.62. The van der Waals surface area contributed by atoms with Gasteiger partial charge in [-0.2, -0.15) is 0 Å². The van der Waals surface area contributed by atoms with Gasteiger partial charge in [-0.25, -0.2) is 0 Å². The molecule has 0 amide bonds. The zero-order valence-corrected chi connectivity index (χ0v) is 12.1. The summed E-state index contributed by atoms with van der Waals surface area (Å²) in [6.45, 7) is 3.64. The highest BCUT2D eigenvalue weighted by Gasteiger charge is 2.11. The third-order valence-corrected chi connectivity index (χ3v) is 3.83. The van der Waals surface area contributed by atoms with Gasteiger partial charge in [-0.1, -0.05) is 42.5 Å². The third kappa shape index (κ3) is 2.58. The Morgan fingerprint density at radius 2 is 1.75 bits per heavy atom. The molecule has 0 unspecified atom stereocenters. The molecule has 2 aromatic carbocycles. The van der Waals surface area contributed by atoms with E-state index in [4.69, 9.17) is 16.0 Å². The topological polar surface area (TPSA) is 25.2 Å². The zero-order chi connectivity index (χ0) is 13.9. The maximum atomic E-state index is 6.17. The van der Waals surface area contributed by atoms with Crippen LogP contribution in [-0.2, 0) is 13.1 Å². The molecule has 2 nitrogen and oxygen atoms in total. The largest absolute Gasteiger partial charge is 0.444 e. The van der Waals surface area contributed by atoms with E-state index in [2.05, 4.69) is 36.5 Å². The van der Waals surface area contributed by atoms with Gasteiger partial charge in [0.2, 0.25) is 0 Å². The second-order valence-electron chi connectivity index (χ2n) is 4.88. The second kappa shape index (κ2) is 5.70. The highest BCUT2D eigenvalue weighted by Crippen LogP contribution is 2.29. The van der Waals surface area contributed by atoms with Crippen molar-refractivity contribution in [3.05, 3.63) is 70.4 Å². The SMILES string of the molecule is Cc1ccccc1CNCc1c(Cl)oc2ccccc12. The second-order valence-corrected chi connectivity index (χ2v) is 5.22. The van der Waals surface area contributed by atoms with E-state index in [0.717, 1.165) is 23.1 Å². The Kier molecular flexibility index (Phi) is 3.77. The van der Waals surface area contributed by atoms with Gasteiger partial charge in [0, 0.05) is 24.0 Å². The molecule has 3 heteroatoms. The molecule has 0 saturated heterocycles. The number of benzene rings is 2. The van der Waals surface area contributed by atoms with Gasteiger partial charge in [0.25, 0.3) is 0 Å². The number of hydrogen-bond acceptors (Lipinski definition) is 2. The number of fused-ring (bicyclic) bond motifs is 1. The normalized spacial score (nSPS) is 11.1. The van der Waals surface area contributed by atoms with E-state index in [9.17, 15) is 0 Å². The molecule has 1 aromatic heterocycles. The molecular formula is C17H16ClNO. The molecule has 0 aliphatic heterocycles. The van der Waals surface area contributed by atoms with Crippen molar-refractivity contribution in [3.8, 4) is 0 Å². The van der Waals surface area contributed by atoms with Gasteiger partial charge in [0.1, 0.15) is 5.58 Å². The first-order valence-electron chi connectivity index (χ1n) is 6.67. The fraction of sp³-hybridized carbons (Fsp3) is 0.176. The van der Waals surface area contributed by atoms with E-state index in [-0.39, 0.29) is 0 Å². The van der Waals surface area contributed by atoms with Crippen LogP contribution in [0.1, 0.15) is 16.7 Å². The van der Waals surface area contributed by atoms with Gasteiger partial charge in [-0.05, 0) is 35.7 Å². The van der Waals surface area contributed by atoms with Crippen LogP contribution in [0.5, 0.6) is 0 Å². The Morgan fingerprint density at radius 3 is 2.60 bits per heavy atom. The van der Waals surface area contributed by atoms with Crippen molar-refractivity contribution in [1.82, 2.24) is 5.32 Å². The lowest BCUT2D eigenvalue weighted by molar-refractivity contribution is 0.604. The van der Waals surface area contributed by atoms with Gasteiger partial charge >= 0.3 is 0 Å². The summed E-state index contributed by atoms with van der Waals surface area (Å²) in [5, 5.41) is 4.99. The van der Waals surface area contributed by atoms with Crippen LogP contribution in [0.15, 0.2) is 52.9 Å². The molecule has 0 saturated carbocycles. The Balaban J connectivity index is 1.74. The summed E-state index contributed by atoms with van der Waals surface area (Å²) in [6.07, 6.45) is 0. The van der Waals surface area contributed by atoms with Gasteiger partial charge in [-0.15, -0.1) is 0 Å². The summed E-state index contributed by atoms with van der Waals surface area (Å²) in [6, 6.07) is 16.3. The summed E-state index contributed by atoms with van der Waals surface area (Å²) in [4.78, 5) is 0. The van der Waals surface area contributed by atoms with Gasteiger partial charge in [-0.3, -0.25) is 0 Å². The molecular weight excluding hydrogens is 270 g/mol. The minimum absolute atomic E-state index is 0.475. The predicted octanol–water partition coefficient (Wildman–Crippen LogP) is 4.68. The van der Waals surface area contributed by atoms with Crippen LogP contribution in [0.25, 0.3) is 11.0 Å². The Morgan fingerprint density at radius 1 is 1.00 bits per heavy atom. The van der Waals surface area contributed by atoms with Crippen LogP contribution in [0.4, 0.5) is 0 Å². The van der Waals surface area contributed by atoms with E-state index in [1.54, 1.807) is 0 Å². The Hall–Kier alpha value is -1.77. The number of nitrogens with one attached hydrogen (secondary N) is 1. The van der Waals surface area contributed by atoms with Crippen molar-refractivity contribution in [3.63, 3.8) is 0 Å². The van der Waals surface area contributed by atoms with Crippen molar-refractivity contribution in [2.24, 2.45) is 0 Å². The highest BCUT2D eigenvalue weighted by molar-refractivity contribution is 6.30. The quantitative estimate of drug-likeness (QED) is 0.752. The first-order chi connectivity index (χ1) is 9.75. The number of rotatable bonds is 4. The number of furan rings is 1. The average Bonchev–Trinajstić information content (AvgIpc) is 2.77. The molecule has 0 radical (unpaired) electrons. The van der Waals surface area contributed by atoms with Gasteiger partial charge < -0.3 is 9.73 Å². The van der Waals surface area contributed by atoms with Crippen LogP contribution >= 0.6 is 11.6 Å².